The molecule has 1 aromatic carbocycles. The van der Waals surface area contributed by atoms with E-state index in [-0.39, 0.29) is 12.5 Å². The molecule has 0 bridgehead atoms. The minimum absolute atomic E-state index is 0.113. The molecule has 3 rings (SSSR count). The molecule has 0 aliphatic carbocycles. The minimum atomic E-state index is -0.295. The van der Waals surface area contributed by atoms with E-state index >= 15 is 0 Å². The minimum Gasteiger partial charge on any atom is -0.484 e. The molecule has 2 aromatic rings. The van der Waals surface area contributed by atoms with Crippen molar-refractivity contribution in [1.29, 1.82) is 0 Å². The highest BCUT2D eigenvalue weighted by Crippen LogP contribution is 2.17. The molecule has 0 radical (unpaired) electrons. The van der Waals surface area contributed by atoms with Crippen molar-refractivity contribution in [2.45, 2.75) is 0 Å². The number of nitrogens with one attached hydrogen (secondary N) is 1. The monoisotopic (exact) mass is 348 g/mol. The van der Waals surface area contributed by atoms with Crippen LogP contribution in [0.3, 0.4) is 0 Å². The van der Waals surface area contributed by atoms with Crippen LogP contribution in [0.4, 0.5) is 11.6 Å². The summed E-state index contributed by atoms with van der Waals surface area (Å²) in [6.45, 7) is 2.76. The molecule has 0 spiro atoms. The normalized spacial score (nSPS) is 14.3. The summed E-state index contributed by atoms with van der Waals surface area (Å²) in [5, 5.41) is 3.32. The summed E-state index contributed by atoms with van der Waals surface area (Å²) in [6, 6.07) is 8.56. The number of amides is 1. The Morgan fingerprint density at radius 1 is 1.25 bits per heavy atom. The van der Waals surface area contributed by atoms with Crippen molar-refractivity contribution in [3.05, 3.63) is 41.7 Å². The second-order valence-corrected chi connectivity index (χ2v) is 5.59. The first-order chi connectivity index (χ1) is 11.7. The Morgan fingerprint density at radius 3 is 2.75 bits per heavy atom. The lowest BCUT2D eigenvalue weighted by Crippen LogP contribution is -2.36. The topological polar surface area (TPSA) is 76.6 Å². The lowest BCUT2D eigenvalue weighted by atomic mass is 10.3. The van der Waals surface area contributed by atoms with Gasteiger partial charge in [-0.3, -0.25) is 4.79 Å². The van der Waals surface area contributed by atoms with Crippen molar-refractivity contribution in [3.63, 3.8) is 0 Å². The van der Waals surface area contributed by atoms with Crippen LogP contribution in [0, 0.1) is 0 Å². The fourth-order valence-corrected chi connectivity index (χ4v) is 2.37. The van der Waals surface area contributed by atoms with Crippen LogP contribution in [0.5, 0.6) is 5.75 Å². The lowest BCUT2D eigenvalue weighted by molar-refractivity contribution is -0.118. The fraction of sp³-hybridized carbons (Fsp3) is 0.312. The van der Waals surface area contributed by atoms with Gasteiger partial charge >= 0.3 is 0 Å². The third-order valence-electron chi connectivity index (χ3n) is 3.44. The summed E-state index contributed by atoms with van der Waals surface area (Å²) in [5.41, 5.74) is 0. The van der Waals surface area contributed by atoms with E-state index in [0.29, 0.717) is 29.8 Å². The lowest BCUT2D eigenvalue weighted by Gasteiger charge is -2.27. The van der Waals surface area contributed by atoms with Crippen LogP contribution < -0.4 is 15.0 Å². The van der Waals surface area contributed by atoms with E-state index in [1.165, 1.54) is 6.33 Å². The first-order valence-electron chi connectivity index (χ1n) is 7.54. The predicted molar refractivity (Wildman–Crippen MR) is 90.6 cm³/mol. The van der Waals surface area contributed by atoms with Crippen molar-refractivity contribution in [3.8, 4) is 5.75 Å². The summed E-state index contributed by atoms with van der Waals surface area (Å²) < 4.78 is 10.7. The molecule has 2 heterocycles. The van der Waals surface area contributed by atoms with Gasteiger partial charge in [0.05, 0.1) is 13.2 Å². The number of ether oxygens (including phenoxy) is 2. The van der Waals surface area contributed by atoms with E-state index in [1.807, 2.05) is 0 Å². The van der Waals surface area contributed by atoms with Gasteiger partial charge in [-0.25, -0.2) is 9.97 Å². The van der Waals surface area contributed by atoms with Gasteiger partial charge in [0.25, 0.3) is 5.91 Å². The Hall–Kier alpha value is -2.38. The molecule has 8 heteroatoms. The summed E-state index contributed by atoms with van der Waals surface area (Å²) >= 11 is 5.80. The van der Waals surface area contributed by atoms with E-state index < -0.39 is 0 Å². The zero-order valence-electron chi connectivity index (χ0n) is 12.9. The molecule has 0 atom stereocenters. The molecule has 1 saturated heterocycles. The first-order valence-corrected chi connectivity index (χ1v) is 7.91. The zero-order valence-corrected chi connectivity index (χ0v) is 13.7. The van der Waals surface area contributed by atoms with Crippen LogP contribution in [0.1, 0.15) is 0 Å². The van der Waals surface area contributed by atoms with Crippen molar-refractivity contribution < 1.29 is 14.3 Å². The molecular weight excluding hydrogens is 332 g/mol. The Bertz CT molecular complexity index is 690. The summed E-state index contributed by atoms with van der Waals surface area (Å²) in [5.74, 6) is 1.49. The van der Waals surface area contributed by atoms with Crippen LogP contribution in [0.25, 0.3) is 0 Å². The number of hydrogen-bond acceptors (Lipinski definition) is 6. The Morgan fingerprint density at radius 2 is 2.00 bits per heavy atom. The molecule has 1 aliphatic rings. The second-order valence-electron chi connectivity index (χ2n) is 5.15. The fourth-order valence-electron chi connectivity index (χ4n) is 2.24. The van der Waals surface area contributed by atoms with E-state index in [2.05, 4.69) is 20.2 Å². The quantitative estimate of drug-likeness (QED) is 0.890. The second kappa shape index (κ2) is 7.94. The summed E-state index contributed by atoms with van der Waals surface area (Å²) in [6.07, 6.45) is 1.43. The van der Waals surface area contributed by atoms with Gasteiger partial charge in [0, 0.05) is 24.2 Å². The number of carbonyl (C=O) groups is 1. The number of rotatable bonds is 5. The number of hydrogen-bond donors (Lipinski definition) is 1. The molecule has 1 aromatic heterocycles. The molecule has 24 heavy (non-hydrogen) atoms. The predicted octanol–water partition coefficient (Wildman–Crippen LogP) is 1.98. The summed E-state index contributed by atoms with van der Waals surface area (Å²) in [4.78, 5) is 22.4. The van der Waals surface area contributed by atoms with Gasteiger partial charge in [0.15, 0.2) is 6.61 Å². The van der Waals surface area contributed by atoms with Crippen LogP contribution >= 0.6 is 11.6 Å². The molecule has 1 N–H and O–H groups in total. The summed E-state index contributed by atoms with van der Waals surface area (Å²) in [7, 11) is 0. The molecule has 1 fully saturated rings. The highest BCUT2D eigenvalue weighted by atomic mass is 35.5. The Kier molecular flexibility index (Phi) is 5.45. The maximum Gasteiger partial charge on any atom is 0.263 e. The molecule has 7 nitrogen and oxygen atoms in total. The number of morpholine rings is 1. The van der Waals surface area contributed by atoms with Crippen molar-refractivity contribution in [2.75, 3.05) is 43.1 Å². The number of anilines is 2. The van der Waals surface area contributed by atoms with Gasteiger partial charge in [0.1, 0.15) is 23.7 Å². The Balaban J connectivity index is 1.55. The standard InChI is InChI=1S/C16H17ClN4O3/c17-12-1-3-13(4-2-12)24-10-16(22)20-14-9-15(19-11-18-14)21-5-7-23-8-6-21/h1-4,9,11H,5-8,10H2,(H,18,19,20,22). The number of benzene rings is 1. The highest BCUT2D eigenvalue weighted by molar-refractivity contribution is 6.30. The van der Waals surface area contributed by atoms with Crippen molar-refractivity contribution in [2.24, 2.45) is 0 Å². The third kappa shape index (κ3) is 4.56. The van der Waals surface area contributed by atoms with Gasteiger partial charge in [-0.15, -0.1) is 0 Å². The average molecular weight is 349 g/mol. The van der Waals surface area contributed by atoms with E-state index in [9.17, 15) is 4.79 Å². The SMILES string of the molecule is O=C(COc1ccc(Cl)cc1)Nc1cc(N2CCOCC2)ncn1. The number of carbonyl (C=O) groups excluding carboxylic acids is 1. The maximum atomic E-state index is 12.0. The maximum absolute atomic E-state index is 12.0. The number of halogens is 1. The molecule has 126 valence electrons. The van der Waals surface area contributed by atoms with Crippen molar-refractivity contribution in [1.82, 2.24) is 9.97 Å². The van der Waals surface area contributed by atoms with E-state index in [4.69, 9.17) is 21.1 Å². The van der Waals surface area contributed by atoms with Crippen LogP contribution in [-0.4, -0.2) is 48.8 Å². The number of aromatic nitrogens is 2. The van der Waals surface area contributed by atoms with Gasteiger partial charge < -0.3 is 19.7 Å². The third-order valence-corrected chi connectivity index (χ3v) is 3.69. The smallest absolute Gasteiger partial charge is 0.263 e. The van der Waals surface area contributed by atoms with Gasteiger partial charge in [-0.05, 0) is 24.3 Å². The number of nitrogens with zero attached hydrogens (tertiary/aromatic N) is 3. The van der Waals surface area contributed by atoms with Gasteiger partial charge in [-0.2, -0.15) is 0 Å². The zero-order chi connectivity index (χ0) is 16.8. The highest BCUT2D eigenvalue weighted by Gasteiger charge is 2.14. The molecule has 0 saturated carbocycles. The van der Waals surface area contributed by atoms with E-state index in [0.717, 1.165) is 18.9 Å². The van der Waals surface area contributed by atoms with E-state index in [1.54, 1.807) is 30.3 Å². The van der Waals surface area contributed by atoms with Crippen LogP contribution in [0.15, 0.2) is 36.7 Å². The van der Waals surface area contributed by atoms with Crippen LogP contribution in [0.2, 0.25) is 5.02 Å². The molecule has 1 aliphatic heterocycles. The molecule has 0 unspecified atom stereocenters. The Labute approximate surface area is 144 Å². The molecule has 1 amide bonds. The largest absolute Gasteiger partial charge is 0.484 e. The molecular formula is C16H17ClN4O3. The first kappa shape index (κ1) is 16.5. The van der Waals surface area contributed by atoms with Gasteiger partial charge in [0.2, 0.25) is 0 Å². The van der Waals surface area contributed by atoms with Crippen LogP contribution in [-0.2, 0) is 9.53 Å². The average Bonchev–Trinajstić information content (AvgIpc) is 2.62. The van der Waals surface area contributed by atoms with Gasteiger partial charge in [-0.1, -0.05) is 11.6 Å². The van der Waals surface area contributed by atoms with Crippen molar-refractivity contribution >= 4 is 29.1 Å².